The Morgan fingerprint density at radius 2 is 1.75 bits per heavy atom. The summed E-state index contributed by atoms with van der Waals surface area (Å²) in [6, 6.07) is 10.1. The van der Waals surface area contributed by atoms with Gasteiger partial charge < -0.3 is 19.7 Å². The van der Waals surface area contributed by atoms with Gasteiger partial charge in [0, 0.05) is 31.2 Å². The second kappa shape index (κ2) is 10.3. The van der Waals surface area contributed by atoms with E-state index >= 15 is 0 Å². The number of nitrogens with one attached hydrogen (secondary N) is 1. The number of benzene rings is 2. The summed E-state index contributed by atoms with van der Waals surface area (Å²) in [5.41, 5.74) is 0.565. The van der Waals surface area contributed by atoms with E-state index in [1.165, 1.54) is 32.4 Å². The number of nitro benzene ring substituents is 1. The molecule has 1 heterocycles. The minimum atomic E-state index is -0.620. The van der Waals surface area contributed by atoms with Crippen LogP contribution in [-0.2, 0) is 9.53 Å². The summed E-state index contributed by atoms with van der Waals surface area (Å²) < 4.78 is 9.99. The van der Waals surface area contributed by atoms with Gasteiger partial charge in [0.15, 0.2) is 0 Å². The molecule has 2 aromatic carbocycles. The van der Waals surface area contributed by atoms with Crippen molar-refractivity contribution in [2.24, 2.45) is 0 Å². The van der Waals surface area contributed by atoms with Crippen molar-refractivity contribution in [1.82, 2.24) is 9.80 Å². The zero-order valence-electron chi connectivity index (χ0n) is 17.6. The highest BCUT2D eigenvalue weighted by molar-refractivity contribution is 6.30. The highest BCUT2D eigenvalue weighted by Crippen LogP contribution is 2.30. The maximum absolute atomic E-state index is 12.7. The molecule has 1 aliphatic heterocycles. The third kappa shape index (κ3) is 5.27. The van der Waals surface area contributed by atoms with Crippen molar-refractivity contribution < 1.29 is 24.0 Å². The van der Waals surface area contributed by atoms with E-state index in [-0.39, 0.29) is 11.4 Å². The lowest BCUT2D eigenvalue weighted by molar-refractivity contribution is -0.384. The Labute approximate surface area is 189 Å². The van der Waals surface area contributed by atoms with E-state index in [9.17, 15) is 19.7 Å². The largest absolute Gasteiger partial charge is 0.496 e. The van der Waals surface area contributed by atoms with Gasteiger partial charge in [-0.05, 0) is 29.8 Å². The van der Waals surface area contributed by atoms with Crippen molar-refractivity contribution in [2.75, 3.05) is 45.7 Å². The molecule has 0 aromatic heterocycles. The molecule has 1 atom stereocenters. The third-order valence-corrected chi connectivity index (χ3v) is 5.47. The average molecular weight is 463 g/mol. The van der Waals surface area contributed by atoms with Gasteiger partial charge in [0.25, 0.3) is 5.69 Å². The molecular formula is C21H23ClN4O6. The number of hydrogen-bond acceptors (Lipinski definition) is 7. The van der Waals surface area contributed by atoms with Crippen molar-refractivity contribution in [3.05, 3.63) is 63.2 Å². The SMILES string of the molecule is COC(=O)C(c1ccc(Cl)cc1)N1CCN(C(=O)Nc2ccc(OC)cc2[N+](=O)[O-])CC1. The minimum Gasteiger partial charge on any atom is -0.496 e. The Morgan fingerprint density at radius 1 is 1.09 bits per heavy atom. The average Bonchev–Trinajstić information content (AvgIpc) is 2.80. The number of carbonyl (C=O) groups is 2. The van der Waals surface area contributed by atoms with Crippen LogP contribution in [0.1, 0.15) is 11.6 Å². The summed E-state index contributed by atoms with van der Waals surface area (Å²) >= 11 is 5.95. The number of nitrogens with zero attached hydrogens (tertiary/aromatic N) is 3. The number of esters is 1. The molecule has 2 aromatic rings. The summed E-state index contributed by atoms with van der Waals surface area (Å²) in [5, 5.41) is 14.5. The van der Waals surface area contributed by atoms with Crippen molar-refractivity contribution in [3.8, 4) is 5.75 Å². The fraction of sp³-hybridized carbons (Fsp3) is 0.333. The van der Waals surface area contributed by atoms with Crippen molar-refractivity contribution in [1.29, 1.82) is 0 Å². The molecule has 11 heteroatoms. The number of anilines is 1. The van der Waals surface area contributed by atoms with Crippen LogP contribution in [0.15, 0.2) is 42.5 Å². The number of amides is 2. The Bertz CT molecular complexity index is 992. The van der Waals surface area contributed by atoms with Crippen LogP contribution in [0, 0.1) is 10.1 Å². The molecule has 3 rings (SSSR count). The maximum atomic E-state index is 12.7. The molecule has 0 bridgehead atoms. The molecule has 10 nitrogen and oxygen atoms in total. The topological polar surface area (TPSA) is 114 Å². The van der Waals surface area contributed by atoms with Crippen LogP contribution >= 0.6 is 11.6 Å². The van der Waals surface area contributed by atoms with Crippen LogP contribution in [0.25, 0.3) is 0 Å². The van der Waals surface area contributed by atoms with E-state index in [1.54, 1.807) is 29.2 Å². The first kappa shape index (κ1) is 23.3. The standard InChI is InChI=1S/C21H23ClN4O6/c1-31-16-7-8-17(18(13-16)26(29)30)23-21(28)25-11-9-24(10-12-25)19(20(27)32-2)14-3-5-15(22)6-4-14/h3-8,13,19H,9-12H2,1-2H3,(H,23,28). The molecule has 0 radical (unpaired) electrons. The Hall–Kier alpha value is -3.37. The molecular weight excluding hydrogens is 440 g/mol. The predicted molar refractivity (Wildman–Crippen MR) is 118 cm³/mol. The van der Waals surface area contributed by atoms with Gasteiger partial charge in [0.1, 0.15) is 17.5 Å². The normalized spacial score (nSPS) is 15.0. The molecule has 1 aliphatic rings. The number of urea groups is 1. The number of methoxy groups -OCH3 is 2. The second-order valence-corrected chi connectivity index (χ2v) is 7.51. The van der Waals surface area contributed by atoms with E-state index in [0.29, 0.717) is 37.0 Å². The summed E-state index contributed by atoms with van der Waals surface area (Å²) in [7, 11) is 2.74. The summed E-state index contributed by atoms with van der Waals surface area (Å²) in [4.78, 5) is 39.4. The number of rotatable bonds is 6. The van der Waals surface area contributed by atoms with E-state index < -0.39 is 23.0 Å². The Balaban J connectivity index is 1.68. The van der Waals surface area contributed by atoms with Gasteiger partial charge in [-0.15, -0.1) is 0 Å². The molecule has 0 spiro atoms. The number of halogens is 1. The van der Waals surface area contributed by atoms with Gasteiger partial charge in [-0.25, -0.2) is 9.59 Å². The number of ether oxygens (including phenoxy) is 2. The molecule has 1 saturated heterocycles. The van der Waals surface area contributed by atoms with Crippen molar-refractivity contribution >= 4 is 35.0 Å². The molecule has 32 heavy (non-hydrogen) atoms. The Kier molecular flexibility index (Phi) is 7.49. The van der Waals surface area contributed by atoms with Crippen LogP contribution in [0.3, 0.4) is 0 Å². The summed E-state index contributed by atoms with van der Waals surface area (Å²) in [5.74, 6) is -0.0848. The lowest BCUT2D eigenvalue weighted by Gasteiger charge is -2.38. The highest BCUT2D eigenvalue weighted by Gasteiger charge is 2.32. The van der Waals surface area contributed by atoms with Gasteiger partial charge in [0.05, 0.1) is 25.2 Å². The quantitative estimate of drug-likeness (QED) is 0.398. The first-order valence-electron chi connectivity index (χ1n) is 9.79. The third-order valence-electron chi connectivity index (χ3n) is 5.22. The molecule has 1 unspecified atom stereocenters. The monoisotopic (exact) mass is 462 g/mol. The highest BCUT2D eigenvalue weighted by atomic mass is 35.5. The van der Waals surface area contributed by atoms with Crippen LogP contribution in [-0.4, -0.2) is 67.1 Å². The van der Waals surface area contributed by atoms with Gasteiger partial charge in [-0.1, -0.05) is 23.7 Å². The predicted octanol–water partition coefficient (Wildman–Crippen LogP) is 3.32. The first-order valence-corrected chi connectivity index (χ1v) is 10.2. The lowest BCUT2D eigenvalue weighted by Crippen LogP contribution is -2.52. The van der Waals surface area contributed by atoms with Gasteiger partial charge >= 0.3 is 12.0 Å². The molecule has 1 fully saturated rings. The van der Waals surface area contributed by atoms with Crippen LogP contribution < -0.4 is 10.1 Å². The van der Waals surface area contributed by atoms with Gasteiger partial charge in [-0.3, -0.25) is 15.0 Å². The molecule has 1 N–H and O–H groups in total. The van der Waals surface area contributed by atoms with Crippen molar-refractivity contribution in [3.63, 3.8) is 0 Å². The first-order chi connectivity index (χ1) is 15.3. The van der Waals surface area contributed by atoms with Crippen molar-refractivity contribution in [2.45, 2.75) is 6.04 Å². The molecule has 0 saturated carbocycles. The molecule has 2 amide bonds. The maximum Gasteiger partial charge on any atom is 0.327 e. The fourth-order valence-corrected chi connectivity index (χ4v) is 3.65. The Morgan fingerprint density at radius 3 is 2.31 bits per heavy atom. The fourth-order valence-electron chi connectivity index (χ4n) is 3.53. The van der Waals surface area contributed by atoms with E-state index in [1.807, 2.05) is 4.90 Å². The van der Waals surface area contributed by atoms with Crippen LogP contribution in [0.4, 0.5) is 16.2 Å². The summed E-state index contributed by atoms with van der Waals surface area (Å²) in [6.07, 6.45) is 0. The zero-order valence-corrected chi connectivity index (χ0v) is 18.4. The van der Waals surface area contributed by atoms with Crippen LogP contribution in [0.2, 0.25) is 5.02 Å². The number of hydrogen-bond donors (Lipinski definition) is 1. The molecule has 170 valence electrons. The zero-order chi connectivity index (χ0) is 23.3. The van der Waals surface area contributed by atoms with E-state index in [2.05, 4.69) is 5.32 Å². The van der Waals surface area contributed by atoms with E-state index in [4.69, 9.17) is 21.1 Å². The van der Waals surface area contributed by atoms with E-state index in [0.717, 1.165) is 5.56 Å². The number of carbonyl (C=O) groups excluding carboxylic acids is 2. The second-order valence-electron chi connectivity index (χ2n) is 7.07. The smallest absolute Gasteiger partial charge is 0.327 e. The minimum absolute atomic E-state index is 0.0804. The van der Waals surface area contributed by atoms with Gasteiger partial charge in [0.2, 0.25) is 0 Å². The summed E-state index contributed by atoms with van der Waals surface area (Å²) in [6.45, 7) is 1.49. The lowest BCUT2D eigenvalue weighted by atomic mass is 10.0. The number of nitro groups is 1. The van der Waals surface area contributed by atoms with Gasteiger partial charge in [-0.2, -0.15) is 0 Å². The van der Waals surface area contributed by atoms with Crippen LogP contribution in [0.5, 0.6) is 5.75 Å². The number of piperazine rings is 1. The molecule has 0 aliphatic carbocycles.